The van der Waals surface area contributed by atoms with E-state index < -0.39 is 9.76 Å². The van der Waals surface area contributed by atoms with Gasteiger partial charge in [0.15, 0.2) is 0 Å². The molecule has 0 bridgehead atoms. The molecule has 1 rings (SSSR count). The van der Waals surface area contributed by atoms with Crippen LogP contribution >= 0.6 is 50.7 Å². The van der Waals surface area contributed by atoms with Crippen LogP contribution in [0.5, 0.6) is 0 Å². The Labute approximate surface area is 123 Å². The first-order valence-electron chi connectivity index (χ1n) is 4.56. The molecule has 0 spiro atoms. The summed E-state index contributed by atoms with van der Waals surface area (Å²) in [5, 5.41) is 0. The molecule has 0 radical (unpaired) electrons. The third kappa shape index (κ3) is 4.51. The van der Waals surface area contributed by atoms with Crippen LogP contribution in [0.25, 0.3) is 5.76 Å². The summed E-state index contributed by atoms with van der Waals surface area (Å²) in [4.78, 5) is 11.4. The number of hydrogen-bond acceptors (Lipinski definition) is 2. The highest BCUT2D eigenvalue weighted by molar-refractivity contribution is 9.10. The average Bonchev–Trinajstić information content (AvgIpc) is 2.25. The van der Waals surface area contributed by atoms with Gasteiger partial charge in [-0.2, -0.15) is 0 Å². The summed E-state index contributed by atoms with van der Waals surface area (Å²) in [6.45, 7) is 1.73. The van der Waals surface area contributed by atoms with Crippen LogP contribution in [-0.4, -0.2) is 9.76 Å². The third-order valence-electron chi connectivity index (χ3n) is 1.83. The Morgan fingerprint density at radius 1 is 1.29 bits per heavy atom. The fourth-order valence-corrected chi connectivity index (χ4v) is 1.44. The summed E-state index contributed by atoms with van der Waals surface area (Å²) in [7, 11) is 0. The van der Waals surface area contributed by atoms with Gasteiger partial charge in [0.05, 0.1) is 0 Å². The van der Waals surface area contributed by atoms with Crippen molar-refractivity contribution in [3.05, 3.63) is 40.4 Å². The van der Waals surface area contributed by atoms with Gasteiger partial charge in [-0.3, -0.25) is 0 Å². The fraction of sp³-hybridized carbons (Fsp3) is 0.182. The number of esters is 1. The van der Waals surface area contributed by atoms with Crippen molar-refractivity contribution in [1.82, 2.24) is 0 Å². The molecule has 17 heavy (non-hydrogen) atoms. The van der Waals surface area contributed by atoms with Crippen molar-refractivity contribution in [3.8, 4) is 0 Å². The van der Waals surface area contributed by atoms with E-state index in [-0.39, 0.29) is 0 Å². The van der Waals surface area contributed by atoms with Gasteiger partial charge in [-0.1, -0.05) is 62.9 Å². The zero-order chi connectivity index (χ0) is 13.1. The molecule has 6 heteroatoms. The van der Waals surface area contributed by atoms with Crippen LogP contribution in [0.4, 0.5) is 0 Å². The van der Waals surface area contributed by atoms with Crippen molar-refractivity contribution >= 4 is 62.5 Å². The molecular formula is C11H8BrCl3O2. The zero-order valence-electron chi connectivity index (χ0n) is 8.72. The molecule has 0 aromatic heterocycles. The Balaban J connectivity index is 2.88. The van der Waals surface area contributed by atoms with E-state index in [0.29, 0.717) is 5.76 Å². The second-order valence-electron chi connectivity index (χ2n) is 3.05. The van der Waals surface area contributed by atoms with Crippen molar-refractivity contribution in [2.45, 2.75) is 10.7 Å². The Kier molecular flexibility index (Phi) is 5.32. The Hall–Kier alpha value is -0.220. The Morgan fingerprint density at radius 3 is 2.24 bits per heavy atom. The predicted molar refractivity (Wildman–Crippen MR) is 74.2 cm³/mol. The largest absolute Gasteiger partial charge is 0.423 e. The van der Waals surface area contributed by atoms with Crippen molar-refractivity contribution in [2.75, 3.05) is 0 Å². The number of hydrogen-bond donors (Lipinski definition) is 0. The smallest absolute Gasteiger partial charge is 0.363 e. The molecule has 92 valence electrons. The molecule has 0 unspecified atom stereocenters. The van der Waals surface area contributed by atoms with E-state index in [9.17, 15) is 4.79 Å². The Bertz CT molecular complexity index is 435. The maximum Gasteiger partial charge on any atom is 0.363 e. The quantitative estimate of drug-likeness (QED) is 0.434. The summed E-state index contributed by atoms with van der Waals surface area (Å²) in [5.41, 5.74) is 0.721. The fourth-order valence-electron chi connectivity index (χ4n) is 1.06. The first-order chi connectivity index (χ1) is 7.84. The lowest BCUT2D eigenvalue weighted by Gasteiger charge is -2.13. The van der Waals surface area contributed by atoms with Gasteiger partial charge in [-0.15, -0.1) is 0 Å². The van der Waals surface area contributed by atoms with Gasteiger partial charge < -0.3 is 4.74 Å². The van der Waals surface area contributed by atoms with Crippen LogP contribution in [0.2, 0.25) is 0 Å². The molecule has 0 atom stereocenters. The molecule has 0 aliphatic heterocycles. The number of alkyl halides is 3. The van der Waals surface area contributed by atoms with Crippen molar-refractivity contribution in [1.29, 1.82) is 0 Å². The van der Waals surface area contributed by atoms with Crippen LogP contribution in [0.3, 0.4) is 0 Å². The van der Waals surface area contributed by atoms with E-state index in [1.807, 2.05) is 12.1 Å². The van der Waals surface area contributed by atoms with E-state index in [4.69, 9.17) is 39.5 Å². The molecule has 1 aromatic carbocycles. The van der Waals surface area contributed by atoms with Gasteiger partial charge in [0.25, 0.3) is 3.79 Å². The van der Waals surface area contributed by atoms with Gasteiger partial charge >= 0.3 is 5.97 Å². The molecule has 0 saturated heterocycles. The Morgan fingerprint density at radius 2 is 1.82 bits per heavy atom. The minimum atomic E-state index is -2.08. The third-order valence-corrected chi connectivity index (χ3v) is 2.82. The van der Waals surface area contributed by atoms with Crippen LogP contribution in [0.1, 0.15) is 12.5 Å². The number of rotatable bonds is 2. The first kappa shape index (κ1) is 14.8. The van der Waals surface area contributed by atoms with Crippen LogP contribution in [0, 0.1) is 0 Å². The summed E-state index contributed by atoms with van der Waals surface area (Å²) < 4.78 is 3.84. The lowest BCUT2D eigenvalue weighted by atomic mass is 10.2. The molecule has 0 N–H and O–H groups in total. The SMILES string of the molecule is C/C=C(\OC(=O)C(Cl)(Cl)Cl)c1ccc(Br)cc1. The monoisotopic (exact) mass is 356 g/mol. The lowest BCUT2D eigenvalue weighted by Crippen LogP contribution is -2.21. The normalized spacial score (nSPS) is 12.4. The number of ether oxygens (including phenoxy) is 1. The van der Waals surface area contributed by atoms with Crippen LogP contribution in [-0.2, 0) is 9.53 Å². The second kappa shape index (κ2) is 6.10. The topological polar surface area (TPSA) is 26.3 Å². The van der Waals surface area contributed by atoms with Crippen LogP contribution < -0.4 is 0 Å². The highest BCUT2D eigenvalue weighted by Crippen LogP contribution is 2.30. The van der Waals surface area contributed by atoms with E-state index in [1.165, 1.54) is 0 Å². The number of allylic oxidation sites excluding steroid dienone is 1. The number of halogens is 4. The summed E-state index contributed by atoms with van der Waals surface area (Å²) in [5.74, 6) is -0.590. The molecule has 0 fully saturated rings. The van der Waals surface area contributed by atoms with Crippen molar-refractivity contribution < 1.29 is 9.53 Å². The molecule has 0 aliphatic rings. The summed E-state index contributed by atoms with van der Waals surface area (Å²) in [6.07, 6.45) is 1.62. The first-order valence-corrected chi connectivity index (χ1v) is 6.48. The molecule has 0 heterocycles. The standard InChI is InChI=1S/C11H8BrCl3O2/c1-2-9(17-10(16)11(13,14)15)7-3-5-8(12)6-4-7/h2-6H,1H3/b9-2-. The zero-order valence-corrected chi connectivity index (χ0v) is 12.6. The van der Waals surface area contributed by atoms with E-state index in [0.717, 1.165) is 10.0 Å². The molecular weight excluding hydrogens is 350 g/mol. The minimum Gasteiger partial charge on any atom is -0.423 e. The lowest BCUT2D eigenvalue weighted by molar-refractivity contribution is -0.135. The van der Waals surface area contributed by atoms with E-state index in [2.05, 4.69) is 15.9 Å². The number of benzene rings is 1. The highest BCUT2D eigenvalue weighted by atomic mass is 79.9. The average molecular weight is 358 g/mol. The number of carbonyl (C=O) groups is 1. The van der Waals surface area contributed by atoms with Gasteiger partial charge in [0, 0.05) is 10.0 Å². The minimum absolute atomic E-state index is 0.342. The van der Waals surface area contributed by atoms with E-state index >= 15 is 0 Å². The van der Waals surface area contributed by atoms with Gasteiger partial charge in [-0.25, -0.2) is 4.79 Å². The maximum absolute atomic E-state index is 11.4. The van der Waals surface area contributed by atoms with Crippen molar-refractivity contribution in [2.24, 2.45) is 0 Å². The summed E-state index contributed by atoms with van der Waals surface area (Å²) in [6, 6.07) is 7.21. The summed E-state index contributed by atoms with van der Waals surface area (Å²) >= 11 is 19.6. The predicted octanol–water partition coefficient (Wildman–Crippen LogP) is 4.72. The second-order valence-corrected chi connectivity index (χ2v) is 6.24. The highest BCUT2D eigenvalue weighted by Gasteiger charge is 2.33. The molecule has 0 aliphatic carbocycles. The number of carbonyl (C=O) groups excluding carboxylic acids is 1. The van der Waals surface area contributed by atoms with Crippen LogP contribution in [0.15, 0.2) is 34.8 Å². The molecule has 0 saturated carbocycles. The van der Waals surface area contributed by atoms with Gasteiger partial charge in [0.1, 0.15) is 5.76 Å². The molecule has 1 aromatic rings. The maximum atomic E-state index is 11.4. The molecule has 2 nitrogen and oxygen atoms in total. The molecule has 0 amide bonds. The van der Waals surface area contributed by atoms with Gasteiger partial charge in [-0.05, 0) is 25.1 Å². The van der Waals surface area contributed by atoms with E-state index in [1.54, 1.807) is 25.1 Å². The van der Waals surface area contributed by atoms with Crippen molar-refractivity contribution in [3.63, 3.8) is 0 Å². The van der Waals surface area contributed by atoms with Gasteiger partial charge in [0.2, 0.25) is 0 Å².